The molecule has 0 spiro atoms. The zero-order valence-electron chi connectivity index (χ0n) is 38.2. The van der Waals surface area contributed by atoms with Gasteiger partial charge in [0, 0.05) is 46.1 Å². The molecule has 2 aliphatic heterocycles. The van der Waals surface area contributed by atoms with E-state index in [0.717, 1.165) is 104 Å². The third kappa shape index (κ3) is 8.07. The highest BCUT2D eigenvalue weighted by Gasteiger charge is 2.35. The molecule has 2 aliphatic rings. The minimum Gasteiger partial charge on any atom is -0.274 e. The summed E-state index contributed by atoms with van der Waals surface area (Å²) in [5.74, 6) is -0.802. The van der Waals surface area contributed by atoms with Crippen LogP contribution in [0.4, 0.5) is 0 Å². The van der Waals surface area contributed by atoms with Crippen LogP contribution in [0, 0.1) is 0 Å². The number of fused-ring (bicyclic) bond motifs is 2. The van der Waals surface area contributed by atoms with Crippen LogP contribution >= 0.6 is 0 Å². The van der Waals surface area contributed by atoms with Gasteiger partial charge in [-0.3, -0.25) is 29.0 Å². The molecule has 7 aromatic rings. The van der Waals surface area contributed by atoms with Crippen LogP contribution in [0.5, 0.6) is 0 Å². The van der Waals surface area contributed by atoms with Crippen molar-refractivity contribution >= 4 is 77.5 Å². The maximum absolute atomic E-state index is 14.1. The number of nitrogens with zero attached hydrogens (tertiary/aromatic N) is 2. The van der Waals surface area contributed by atoms with Crippen molar-refractivity contribution in [3.8, 4) is 11.1 Å². The number of rotatable bonds is 23. The third-order valence-corrected chi connectivity index (χ3v) is 14.5. The Balaban J connectivity index is 0.968. The van der Waals surface area contributed by atoms with Gasteiger partial charge in [0.25, 0.3) is 23.6 Å². The predicted molar refractivity (Wildman–Crippen MR) is 265 cm³/mol. The summed E-state index contributed by atoms with van der Waals surface area (Å²) >= 11 is 0. The Labute approximate surface area is 378 Å². The molecule has 6 heteroatoms. The Morgan fingerprint density at radius 2 is 0.594 bits per heavy atom. The Kier molecular flexibility index (Phi) is 13.4. The van der Waals surface area contributed by atoms with E-state index < -0.39 is 0 Å². The summed E-state index contributed by atoms with van der Waals surface area (Å²) in [6.07, 6.45) is 24.0. The highest BCUT2D eigenvalue weighted by Crippen LogP contribution is 2.47. The maximum atomic E-state index is 14.1. The molecule has 0 aliphatic carbocycles. The normalized spacial score (nSPS) is 14.0. The van der Waals surface area contributed by atoms with Gasteiger partial charge in [0.15, 0.2) is 0 Å². The lowest BCUT2D eigenvalue weighted by Gasteiger charge is -2.29. The average molecular weight is 853 g/mol. The SMILES string of the molecule is CCCCCCCCCCCCN1C(=O)c2cccc3c(-c4ccc5c6ccc7c8c(ccc(c9cccc4c95)c86)C(=O)N(CCCCCCCCCCCC)C7=O)ccc(c23)C1=O. The van der Waals surface area contributed by atoms with Gasteiger partial charge in [0.05, 0.1) is 0 Å². The van der Waals surface area contributed by atoms with Crippen LogP contribution in [0.3, 0.4) is 0 Å². The second kappa shape index (κ2) is 19.6. The molecule has 6 nitrogen and oxygen atoms in total. The lowest BCUT2D eigenvalue weighted by Crippen LogP contribution is -2.40. The van der Waals surface area contributed by atoms with Gasteiger partial charge >= 0.3 is 0 Å². The minimum absolute atomic E-state index is 0.196. The van der Waals surface area contributed by atoms with Gasteiger partial charge in [-0.1, -0.05) is 190 Å². The van der Waals surface area contributed by atoms with Gasteiger partial charge in [-0.2, -0.15) is 0 Å². The second-order valence-corrected chi connectivity index (χ2v) is 18.7. The van der Waals surface area contributed by atoms with Gasteiger partial charge in [0.2, 0.25) is 0 Å². The first kappa shape index (κ1) is 43.6. The number of benzene rings is 7. The van der Waals surface area contributed by atoms with Gasteiger partial charge in [-0.05, 0) is 91.3 Å². The predicted octanol–water partition coefficient (Wildman–Crippen LogP) is 15.6. The quantitative estimate of drug-likeness (QED) is 0.0278. The highest BCUT2D eigenvalue weighted by atomic mass is 16.2. The molecule has 0 atom stereocenters. The molecule has 0 aromatic heterocycles. The molecule has 0 N–H and O–H groups in total. The summed E-state index contributed by atoms with van der Waals surface area (Å²) in [5.41, 5.74) is 4.38. The number of carbonyl (C=O) groups is 4. The monoisotopic (exact) mass is 852 g/mol. The fourth-order valence-corrected chi connectivity index (χ4v) is 11.1. The van der Waals surface area contributed by atoms with E-state index in [1.807, 2.05) is 36.4 Å². The standard InChI is InChI=1S/C58H64N2O4/c1-3-5-7-9-11-13-15-17-19-21-37-59-55(61)47-28-24-26-42-40(30-34-48(52(42)47)56(59)62)39-29-31-44-46-33-36-50-54-49(35-32-45(53(46)54)43-27-23-25-41(39)51(43)44)57(63)60(58(50)64)38-22-20-18-16-14-12-10-8-6-4-2/h23-36H,3-22,37-38H2,1-2H3. The largest absolute Gasteiger partial charge is 0.274 e. The molecule has 0 radical (unpaired) electrons. The van der Waals surface area contributed by atoms with Crippen molar-refractivity contribution in [1.29, 1.82) is 0 Å². The molecule has 0 bridgehead atoms. The van der Waals surface area contributed by atoms with Crippen LogP contribution in [0.15, 0.2) is 84.9 Å². The molecule has 0 unspecified atom stereocenters. The van der Waals surface area contributed by atoms with Gasteiger partial charge < -0.3 is 0 Å². The summed E-state index contributed by atoms with van der Waals surface area (Å²) in [6, 6.07) is 28.5. The van der Waals surface area contributed by atoms with E-state index in [-0.39, 0.29) is 23.6 Å². The van der Waals surface area contributed by atoms with E-state index in [9.17, 15) is 19.2 Å². The van der Waals surface area contributed by atoms with Crippen molar-refractivity contribution in [3.63, 3.8) is 0 Å². The molecule has 7 aromatic carbocycles. The second-order valence-electron chi connectivity index (χ2n) is 18.7. The van der Waals surface area contributed by atoms with Crippen molar-refractivity contribution < 1.29 is 19.2 Å². The van der Waals surface area contributed by atoms with Crippen LogP contribution in [0.1, 0.15) is 184 Å². The van der Waals surface area contributed by atoms with Crippen molar-refractivity contribution in [2.24, 2.45) is 0 Å². The summed E-state index contributed by atoms with van der Waals surface area (Å²) in [6.45, 7) is 5.38. The van der Waals surface area contributed by atoms with E-state index >= 15 is 0 Å². The maximum Gasteiger partial charge on any atom is 0.261 e. The minimum atomic E-state index is -0.205. The van der Waals surface area contributed by atoms with Crippen molar-refractivity contribution in [2.75, 3.05) is 13.1 Å². The summed E-state index contributed by atoms with van der Waals surface area (Å²) in [4.78, 5) is 59.2. The lowest BCUT2D eigenvalue weighted by atomic mass is 9.82. The Morgan fingerprint density at radius 3 is 1.08 bits per heavy atom. The zero-order chi connectivity index (χ0) is 44.2. The van der Waals surface area contributed by atoms with E-state index in [2.05, 4.69) is 62.4 Å². The van der Waals surface area contributed by atoms with Crippen LogP contribution in [0.25, 0.3) is 65.0 Å². The molecule has 64 heavy (non-hydrogen) atoms. The number of unbranched alkanes of at least 4 members (excludes halogenated alkanes) is 18. The van der Waals surface area contributed by atoms with Gasteiger partial charge in [-0.25, -0.2) is 0 Å². The summed E-state index contributed by atoms with van der Waals surface area (Å²) in [5, 5.41) is 9.70. The lowest BCUT2D eigenvalue weighted by molar-refractivity contribution is 0.0592. The first-order valence-electron chi connectivity index (χ1n) is 24.9. The van der Waals surface area contributed by atoms with E-state index in [4.69, 9.17) is 0 Å². The molecule has 9 rings (SSSR count). The van der Waals surface area contributed by atoms with Gasteiger partial charge in [-0.15, -0.1) is 0 Å². The number of amides is 4. The highest BCUT2D eigenvalue weighted by molar-refractivity contribution is 6.39. The first-order valence-corrected chi connectivity index (χ1v) is 24.9. The first-order chi connectivity index (χ1) is 31.4. The number of imide groups is 2. The van der Waals surface area contributed by atoms with E-state index in [1.165, 1.54) is 99.7 Å². The van der Waals surface area contributed by atoms with Gasteiger partial charge in [0.1, 0.15) is 0 Å². The number of carbonyl (C=O) groups excluding carboxylic acids is 4. The van der Waals surface area contributed by atoms with Crippen molar-refractivity contribution in [2.45, 2.75) is 142 Å². The summed E-state index contributed by atoms with van der Waals surface area (Å²) < 4.78 is 0. The van der Waals surface area contributed by atoms with Crippen molar-refractivity contribution in [1.82, 2.24) is 9.80 Å². The van der Waals surface area contributed by atoms with E-state index in [0.29, 0.717) is 35.3 Å². The Morgan fingerprint density at radius 1 is 0.281 bits per heavy atom. The molecule has 0 saturated carbocycles. The molecular weight excluding hydrogens is 789 g/mol. The molecule has 0 fully saturated rings. The zero-order valence-corrected chi connectivity index (χ0v) is 38.2. The molecular formula is C58H64N2O4. The van der Waals surface area contributed by atoms with Crippen LogP contribution in [-0.4, -0.2) is 46.5 Å². The van der Waals surface area contributed by atoms with Crippen LogP contribution in [0.2, 0.25) is 0 Å². The molecule has 4 amide bonds. The Hall–Kier alpha value is -5.62. The fraction of sp³-hybridized carbons (Fsp3) is 0.414. The molecule has 330 valence electrons. The number of hydrogen-bond acceptors (Lipinski definition) is 4. The fourth-order valence-electron chi connectivity index (χ4n) is 11.1. The molecule has 2 heterocycles. The van der Waals surface area contributed by atoms with Crippen molar-refractivity contribution in [3.05, 3.63) is 107 Å². The third-order valence-electron chi connectivity index (χ3n) is 14.5. The number of hydrogen-bond donors (Lipinski definition) is 0. The average Bonchev–Trinajstić information content (AvgIpc) is 3.32. The van der Waals surface area contributed by atoms with Crippen LogP contribution in [-0.2, 0) is 0 Å². The molecule has 0 saturated heterocycles. The topological polar surface area (TPSA) is 74.8 Å². The van der Waals surface area contributed by atoms with Crippen LogP contribution < -0.4 is 0 Å². The van der Waals surface area contributed by atoms with E-state index in [1.54, 1.807) is 0 Å². The smallest absolute Gasteiger partial charge is 0.261 e. The Bertz CT molecular complexity index is 2780. The summed E-state index contributed by atoms with van der Waals surface area (Å²) in [7, 11) is 0.